The van der Waals surface area contributed by atoms with Crippen LogP contribution in [0.3, 0.4) is 0 Å². The molecular formula is C90H100N4OS. The summed E-state index contributed by atoms with van der Waals surface area (Å²) in [4.78, 5) is 10.4. The molecule has 0 amide bonds. The van der Waals surface area contributed by atoms with Gasteiger partial charge in [0.25, 0.3) is 0 Å². The molecule has 96 heavy (non-hydrogen) atoms. The molecular weight excluding hydrogens is 1190 g/mol. The summed E-state index contributed by atoms with van der Waals surface area (Å²) in [5.74, 6) is 4.33. The van der Waals surface area contributed by atoms with Gasteiger partial charge in [-0.2, -0.15) is 0 Å². The molecule has 1 aliphatic heterocycles. The molecule has 0 saturated heterocycles. The van der Waals surface area contributed by atoms with Gasteiger partial charge < -0.3 is 14.5 Å². The molecule has 1 aliphatic rings. The monoisotopic (exact) mass is 1280 g/mol. The van der Waals surface area contributed by atoms with Gasteiger partial charge in [-0.1, -0.05) is 242 Å². The lowest BCUT2D eigenvalue weighted by molar-refractivity contribution is 0.483. The Bertz CT molecular complexity index is 4800. The second-order valence-corrected chi connectivity index (χ2v) is 33.5. The first-order valence-electron chi connectivity index (χ1n) is 35.4. The van der Waals surface area contributed by atoms with Gasteiger partial charge in [0.15, 0.2) is 0 Å². The van der Waals surface area contributed by atoms with Crippen molar-refractivity contribution in [2.24, 2.45) is 0 Å². The van der Waals surface area contributed by atoms with Gasteiger partial charge in [0.2, 0.25) is 0 Å². The van der Waals surface area contributed by atoms with Gasteiger partial charge >= 0.3 is 0 Å². The Morgan fingerprint density at radius 2 is 0.958 bits per heavy atom. The standard InChI is InChI=1S/C90H100N4OS/c1-52(2)58-44-70(54(5)6)83(71(45-58)55(7)8)68-29-26-30-69(84-72(56(9)10)46-59(53(3)4)47-73(84)57(11)12)86(68)93-51-92(76-33-23-24-34-77(76)93)62-42-60(82-74(89(16,17)18)31-27-32-75(82)90(19,20)21)43-64(49-62)95-63-36-37-67-79(50-63)94(81-48-61(40-41-91-81)88(13,14)15)78-39-38-66-65-28-22-25-35-80(65)96-87(66)85(67)78/h22-50,52-57H,51H2,1-21H3. The molecule has 0 fully saturated rings. The van der Waals surface area contributed by atoms with Crippen LogP contribution < -0.4 is 14.5 Å². The second-order valence-electron chi connectivity index (χ2n) is 32.4. The topological polar surface area (TPSA) is 33.5 Å². The summed E-state index contributed by atoms with van der Waals surface area (Å²) in [6.07, 6.45) is 1.98. The third-order valence-electron chi connectivity index (χ3n) is 20.3. The van der Waals surface area contributed by atoms with Crippen molar-refractivity contribution in [1.29, 1.82) is 0 Å². The number of hydrogen-bond acceptors (Lipinski definition) is 5. The van der Waals surface area contributed by atoms with Crippen LogP contribution in [0.2, 0.25) is 0 Å². The van der Waals surface area contributed by atoms with Gasteiger partial charge in [0.1, 0.15) is 24.0 Å². The van der Waals surface area contributed by atoms with Crippen molar-refractivity contribution in [3.8, 4) is 50.7 Å². The van der Waals surface area contributed by atoms with Crippen LogP contribution in [0.1, 0.15) is 231 Å². The zero-order valence-electron chi connectivity index (χ0n) is 61.0. The van der Waals surface area contributed by atoms with E-state index < -0.39 is 0 Å². The molecule has 6 heteroatoms. The zero-order chi connectivity index (χ0) is 68.4. The molecule has 0 radical (unpaired) electrons. The summed E-state index contributed by atoms with van der Waals surface area (Å²) < 4.78 is 12.5. The quantitative estimate of drug-likeness (QED) is 0.109. The van der Waals surface area contributed by atoms with E-state index in [1.807, 2.05) is 17.5 Å². The van der Waals surface area contributed by atoms with Gasteiger partial charge in [-0.3, -0.25) is 4.57 Å². The molecule has 0 atom stereocenters. The number of pyridine rings is 1. The molecule has 0 bridgehead atoms. The number of benzene rings is 9. The molecule has 0 saturated carbocycles. The maximum absolute atomic E-state index is 7.58. The minimum absolute atomic E-state index is 0.0777. The largest absolute Gasteiger partial charge is 0.457 e. The van der Waals surface area contributed by atoms with Crippen molar-refractivity contribution in [3.05, 3.63) is 226 Å². The first-order valence-corrected chi connectivity index (χ1v) is 36.3. The number of hydrogen-bond donors (Lipinski definition) is 0. The lowest BCUT2D eigenvalue weighted by Gasteiger charge is -2.32. The van der Waals surface area contributed by atoms with Crippen molar-refractivity contribution in [1.82, 2.24) is 9.55 Å². The van der Waals surface area contributed by atoms with Gasteiger partial charge in [0, 0.05) is 66.1 Å². The van der Waals surface area contributed by atoms with E-state index in [1.165, 1.54) is 120 Å². The number of fused-ring (bicyclic) bond motifs is 8. The predicted octanol–water partition coefficient (Wildman–Crippen LogP) is 27.2. The number of anilines is 4. The summed E-state index contributed by atoms with van der Waals surface area (Å²) in [5, 5.41) is 4.97. The van der Waals surface area contributed by atoms with Crippen molar-refractivity contribution < 1.29 is 4.74 Å². The molecule has 12 aromatic rings. The Morgan fingerprint density at radius 1 is 0.427 bits per heavy atom. The average molecular weight is 1290 g/mol. The van der Waals surface area contributed by atoms with Gasteiger partial charge in [0.05, 0.1) is 28.1 Å². The number of para-hydroxylation sites is 3. The third-order valence-corrected chi connectivity index (χ3v) is 21.6. The highest BCUT2D eigenvalue weighted by Gasteiger charge is 2.36. The van der Waals surface area contributed by atoms with Crippen LogP contribution in [0.5, 0.6) is 11.5 Å². The Morgan fingerprint density at radius 3 is 1.50 bits per heavy atom. The van der Waals surface area contributed by atoms with Crippen LogP contribution >= 0.6 is 11.3 Å². The van der Waals surface area contributed by atoms with Crippen LogP contribution in [0.15, 0.2) is 176 Å². The van der Waals surface area contributed by atoms with Gasteiger partial charge in [-0.25, -0.2) is 4.98 Å². The Balaban J connectivity index is 1.07. The Hall–Kier alpha value is -8.45. The fourth-order valence-corrected chi connectivity index (χ4v) is 16.4. The molecule has 0 unspecified atom stereocenters. The maximum Gasteiger partial charge on any atom is 0.137 e. The van der Waals surface area contributed by atoms with Crippen LogP contribution in [0.4, 0.5) is 22.7 Å². The summed E-state index contributed by atoms with van der Waals surface area (Å²) in [7, 11) is 0. The normalized spacial score (nSPS) is 13.3. The SMILES string of the molecule is CC(C)c1cc(C(C)C)c(-c2cccc(-c3c(C(C)C)cc(C(C)C)cc3C(C)C)c2N2CN(c3cc(Oc4ccc5c6c7sc8ccccc8c7ccc6n(-c6cc(C(C)(C)C)ccn6)c5c4)cc(-c4c(C(C)(C)C)cccc4C(C)(C)C)c3)c3ccccc32)c(C(C)C)c1. The number of rotatable bonds is 14. The number of ether oxygens (including phenoxy) is 1. The van der Waals surface area contributed by atoms with E-state index in [-0.39, 0.29) is 39.9 Å². The molecule has 0 spiro atoms. The summed E-state index contributed by atoms with van der Waals surface area (Å²) in [6.45, 7) is 50.0. The van der Waals surface area contributed by atoms with E-state index in [4.69, 9.17) is 9.72 Å². The molecule has 0 aliphatic carbocycles. The van der Waals surface area contributed by atoms with Crippen LogP contribution in [-0.4, -0.2) is 16.2 Å². The highest BCUT2D eigenvalue weighted by molar-refractivity contribution is 7.26. The zero-order valence-corrected chi connectivity index (χ0v) is 61.8. The first-order chi connectivity index (χ1) is 45.5. The smallest absolute Gasteiger partial charge is 0.137 e. The van der Waals surface area contributed by atoms with E-state index in [1.54, 1.807) is 0 Å². The van der Waals surface area contributed by atoms with E-state index in [9.17, 15) is 0 Å². The average Bonchev–Trinajstić information content (AvgIpc) is 1.56. The van der Waals surface area contributed by atoms with E-state index >= 15 is 0 Å². The van der Waals surface area contributed by atoms with Crippen molar-refractivity contribution >= 4 is 76.1 Å². The van der Waals surface area contributed by atoms with E-state index in [0.717, 1.165) is 45.3 Å². The summed E-state index contributed by atoms with van der Waals surface area (Å²) in [6, 6.07) is 65.2. The lowest BCUT2D eigenvalue weighted by Crippen LogP contribution is -2.25. The number of aromatic nitrogens is 2. The van der Waals surface area contributed by atoms with Gasteiger partial charge in [-0.15, -0.1) is 11.3 Å². The maximum atomic E-state index is 7.58. The van der Waals surface area contributed by atoms with Gasteiger partial charge in [-0.05, 0) is 185 Å². The fourth-order valence-electron chi connectivity index (χ4n) is 15.2. The van der Waals surface area contributed by atoms with E-state index in [2.05, 4.69) is 330 Å². The molecule has 9 aromatic carbocycles. The summed E-state index contributed by atoms with van der Waals surface area (Å²) in [5.41, 5.74) is 26.3. The van der Waals surface area contributed by atoms with Crippen LogP contribution in [0.25, 0.3) is 81.2 Å². The predicted molar refractivity (Wildman–Crippen MR) is 417 cm³/mol. The van der Waals surface area contributed by atoms with Crippen molar-refractivity contribution in [2.75, 3.05) is 16.5 Å². The Kier molecular flexibility index (Phi) is 17.2. The van der Waals surface area contributed by atoms with Crippen molar-refractivity contribution in [3.63, 3.8) is 0 Å². The first kappa shape index (κ1) is 66.2. The lowest BCUT2D eigenvalue weighted by atomic mass is 9.74. The number of thiophene rings is 1. The second kappa shape index (κ2) is 24.9. The minimum atomic E-state index is -0.171. The Labute approximate surface area is 577 Å². The van der Waals surface area contributed by atoms with Crippen molar-refractivity contribution in [2.45, 2.75) is 197 Å². The van der Waals surface area contributed by atoms with Crippen LogP contribution in [0, 0.1) is 0 Å². The molecule has 5 nitrogen and oxygen atoms in total. The molecule has 492 valence electrons. The minimum Gasteiger partial charge on any atom is -0.457 e. The summed E-state index contributed by atoms with van der Waals surface area (Å²) >= 11 is 1.88. The third kappa shape index (κ3) is 11.8. The fraction of sp³-hybridized carbons (Fsp3) is 0.344. The van der Waals surface area contributed by atoms with E-state index in [0.29, 0.717) is 18.5 Å². The van der Waals surface area contributed by atoms with Crippen LogP contribution in [-0.2, 0) is 16.2 Å². The molecule has 4 heterocycles. The molecule has 13 rings (SSSR count). The molecule has 0 N–H and O–H groups in total. The highest BCUT2D eigenvalue weighted by Crippen LogP contribution is 2.56. The highest BCUT2D eigenvalue weighted by atomic mass is 32.1. The molecule has 3 aromatic heterocycles. The number of nitrogens with zero attached hydrogens (tertiary/aromatic N) is 4.